The monoisotopic (exact) mass is 697 g/mol. The van der Waals surface area contributed by atoms with Crippen LogP contribution in [0, 0.1) is 6.92 Å². The van der Waals surface area contributed by atoms with Crippen LogP contribution in [0.25, 0.3) is 0 Å². The summed E-state index contributed by atoms with van der Waals surface area (Å²) in [5, 5.41) is 0. The number of amides is 1. The molecule has 3 atom stereocenters. The fourth-order valence-electron chi connectivity index (χ4n) is 5.94. The molecule has 13 heteroatoms. The predicted molar refractivity (Wildman–Crippen MR) is 183 cm³/mol. The Morgan fingerprint density at radius 1 is 0.860 bits per heavy atom. The fraction of sp³-hybridized carbons (Fsp3) is 0.216. The third kappa shape index (κ3) is 7.76. The minimum Gasteiger partial charge on any atom is -0.444 e. The van der Waals surface area contributed by atoms with Crippen LogP contribution in [0.2, 0.25) is 0 Å². The Morgan fingerprint density at radius 2 is 1.38 bits per heavy atom. The van der Waals surface area contributed by atoms with Crippen LogP contribution < -0.4 is 16.0 Å². The molecular formula is C37H35N3O9S. The van der Waals surface area contributed by atoms with Crippen LogP contribution in [0.1, 0.15) is 40.5 Å². The lowest BCUT2D eigenvalue weighted by Gasteiger charge is -2.37. The summed E-state index contributed by atoms with van der Waals surface area (Å²) in [5.41, 5.74) is 0.814. The van der Waals surface area contributed by atoms with Crippen LogP contribution in [-0.4, -0.2) is 42.9 Å². The van der Waals surface area contributed by atoms with Gasteiger partial charge in [0.15, 0.2) is 0 Å². The van der Waals surface area contributed by atoms with Crippen molar-refractivity contribution in [3.63, 3.8) is 0 Å². The van der Waals surface area contributed by atoms with E-state index >= 15 is 0 Å². The number of H-pyrrole nitrogens is 1. The standard InChI is InChI=1S/C37H35N3O9S/c1-26-23-40(35(42)38-34(26)41)33-22-31(49-50(44,45)39-36(43)46-24-27-14-6-2-7-15-27)32(48-33)25-47-37(28-16-8-3-9-17-28,29-18-10-4-11-19-29)30-20-12-5-13-21-30/h2-21,23,31-33H,22,24-25H2,1H3,(H,39,43)(H,38,41,42)/t31-,32+,33+/m0/s1. The van der Waals surface area contributed by atoms with Gasteiger partial charge < -0.3 is 14.2 Å². The fourth-order valence-corrected chi connectivity index (χ4v) is 6.78. The number of nitrogens with zero attached hydrogens (tertiary/aromatic N) is 1. The van der Waals surface area contributed by atoms with Crippen LogP contribution in [0.3, 0.4) is 0 Å². The SMILES string of the molecule is Cc1cn([C@H]2C[C@H](OS(=O)(=O)NC(=O)OCc3ccccc3)[C@@H](COC(c3ccccc3)(c3ccccc3)c3ccccc3)O2)c(=O)[nH]c1=O. The van der Waals surface area contributed by atoms with E-state index in [1.807, 2.05) is 91.0 Å². The zero-order valence-corrected chi connectivity index (χ0v) is 27.8. The molecule has 50 heavy (non-hydrogen) atoms. The Morgan fingerprint density at radius 3 is 1.92 bits per heavy atom. The van der Waals surface area contributed by atoms with Crippen LogP contribution >= 0.6 is 0 Å². The summed E-state index contributed by atoms with van der Waals surface area (Å²) in [5.74, 6) is 0. The Hall–Kier alpha value is -5.34. The highest BCUT2D eigenvalue weighted by Gasteiger charge is 2.44. The van der Waals surface area contributed by atoms with Crippen molar-refractivity contribution >= 4 is 16.4 Å². The Bertz CT molecular complexity index is 2030. The quantitative estimate of drug-likeness (QED) is 0.177. The van der Waals surface area contributed by atoms with E-state index in [1.165, 1.54) is 17.7 Å². The molecule has 0 unspecified atom stereocenters. The van der Waals surface area contributed by atoms with Gasteiger partial charge in [-0.05, 0) is 29.2 Å². The first-order chi connectivity index (χ1) is 24.1. The van der Waals surface area contributed by atoms with Crippen LogP contribution in [0.5, 0.6) is 0 Å². The molecule has 1 saturated heterocycles. The second-order valence-corrected chi connectivity index (χ2v) is 13.0. The lowest BCUT2D eigenvalue weighted by Crippen LogP contribution is -2.41. The molecule has 1 aromatic heterocycles. The zero-order valence-electron chi connectivity index (χ0n) is 27.0. The van der Waals surface area contributed by atoms with Gasteiger partial charge in [0.1, 0.15) is 30.6 Å². The first kappa shape index (κ1) is 34.5. The van der Waals surface area contributed by atoms with Crippen molar-refractivity contribution < 1.29 is 31.6 Å². The minimum absolute atomic E-state index is 0.144. The molecular weight excluding hydrogens is 662 g/mol. The number of aromatic nitrogens is 2. The van der Waals surface area contributed by atoms with E-state index in [9.17, 15) is 22.8 Å². The molecule has 0 spiro atoms. The van der Waals surface area contributed by atoms with E-state index in [0.29, 0.717) is 5.56 Å². The predicted octanol–water partition coefficient (Wildman–Crippen LogP) is 4.70. The zero-order chi connectivity index (χ0) is 35.1. The summed E-state index contributed by atoms with van der Waals surface area (Å²) in [4.78, 5) is 39.7. The highest BCUT2D eigenvalue weighted by atomic mass is 32.2. The van der Waals surface area contributed by atoms with Crippen molar-refractivity contribution in [3.8, 4) is 0 Å². The molecule has 2 N–H and O–H groups in total. The van der Waals surface area contributed by atoms with Crippen molar-refractivity contribution in [1.82, 2.24) is 14.3 Å². The van der Waals surface area contributed by atoms with Crippen molar-refractivity contribution in [1.29, 1.82) is 0 Å². The highest BCUT2D eigenvalue weighted by molar-refractivity contribution is 7.85. The summed E-state index contributed by atoms with van der Waals surface area (Å²) in [6.07, 6.45) is -3.40. The van der Waals surface area contributed by atoms with Crippen LogP contribution in [-0.2, 0) is 40.9 Å². The average molecular weight is 698 g/mol. The normalized spacial score (nSPS) is 17.7. The van der Waals surface area contributed by atoms with Gasteiger partial charge in [-0.15, -0.1) is 0 Å². The van der Waals surface area contributed by atoms with Crippen molar-refractivity contribution in [2.24, 2.45) is 0 Å². The van der Waals surface area contributed by atoms with Crippen LogP contribution in [0.15, 0.2) is 137 Å². The summed E-state index contributed by atoms with van der Waals surface area (Å²) in [7, 11) is -4.75. The molecule has 258 valence electrons. The molecule has 6 rings (SSSR count). The first-order valence-corrected chi connectivity index (χ1v) is 17.3. The van der Waals surface area contributed by atoms with Crippen molar-refractivity contribution in [3.05, 3.63) is 176 Å². The number of nitrogens with one attached hydrogen (secondary N) is 2. The van der Waals surface area contributed by atoms with Gasteiger partial charge >= 0.3 is 22.1 Å². The van der Waals surface area contributed by atoms with Gasteiger partial charge in [-0.25, -0.2) is 13.8 Å². The van der Waals surface area contributed by atoms with Gasteiger partial charge in [-0.2, -0.15) is 13.1 Å². The highest BCUT2D eigenvalue weighted by Crippen LogP contribution is 2.42. The largest absolute Gasteiger partial charge is 0.444 e. The second-order valence-electron chi connectivity index (χ2n) is 11.7. The number of hydrogen-bond acceptors (Lipinski definition) is 9. The van der Waals surface area contributed by atoms with Gasteiger partial charge in [0.25, 0.3) is 5.56 Å². The van der Waals surface area contributed by atoms with E-state index in [-0.39, 0.29) is 25.2 Å². The van der Waals surface area contributed by atoms with E-state index in [4.69, 9.17) is 18.4 Å². The van der Waals surface area contributed by atoms with Gasteiger partial charge in [-0.3, -0.25) is 14.3 Å². The van der Waals surface area contributed by atoms with Crippen LogP contribution in [0.4, 0.5) is 4.79 Å². The number of ether oxygens (including phenoxy) is 3. The van der Waals surface area contributed by atoms with Gasteiger partial charge in [-0.1, -0.05) is 121 Å². The number of rotatable bonds is 12. The maximum absolute atomic E-state index is 13.2. The number of carbonyl (C=O) groups excluding carboxylic acids is 1. The molecule has 5 aromatic rings. The molecule has 2 heterocycles. The lowest BCUT2D eigenvalue weighted by molar-refractivity contribution is -0.0912. The molecule has 4 aromatic carbocycles. The molecule has 1 amide bonds. The number of carbonyl (C=O) groups is 1. The van der Waals surface area contributed by atoms with Gasteiger partial charge in [0, 0.05) is 18.2 Å². The number of benzene rings is 4. The Balaban J connectivity index is 1.31. The molecule has 0 bridgehead atoms. The summed E-state index contributed by atoms with van der Waals surface area (Å²) >= 11 is 0. The Labute approximate surface area is 288 Å². The molecule has 0 aliphatic carbocycles. The van der Waals surface area contributed by atoms with E-state index in [1.54, 1.807) is 35.1 Å². The molecule has 1 fully saturated rings. The number of aryl methyl sites for hydroxylation is 1. The smallest absolute Gasteiger partial charge is 0.423 e. The molecule has 1 aliphatic rings. The number of aromatic amines is 1. The first-order valence-electron chi connectivity index (χ1n) is 15.8. The van der Waals surface area contributed by atoms with Crippen molar-refractivity contribution in [2.45, 2.75) is 44.0 Å². The lowest BCUT2D eigenvalue weighted by atomic mass is 9.80. The van der Waals surface area contributed by atoms with E-state index in [0.717, 1.165) is 16.7 Å². The summed E-state index contributed by atoms with van der Waals surface area (Å²) in [6, 6.07) is 37.4. The van der Waals surface area contributed by atoms with Gasteiger partial charge in [0.2, 0.25) is 0 Å². The topological polar surface area (TPSA) is 155 Å². The Kier molecular flexibility index (Phi) is 10.4. The summed E-state index contributed by atoms with van der Waals surface area (Å²) in [6.45, 7) is 1.15. The molecule has 0 saturated carbocycles. The van der Waals surface area contributed by atoms with E-state index in [2.05, 4.69) is 4.98 Å². The molecule has 12 nitrogen and oxygen atoms in total. The molecule has 0 radical (unpaired) electrons. The van der Waals surface area contributed by atoms with Gasteiger partial charge in [0.05, 0.1) is 6.61 Å². The minimum atomic E-state index is -4.75. The number of hydrogen-bond donors (Lipinski definition) is 2. The van der Waals surface area contributed by atoms with Crippen molar-refractivity contribution in [2.75, 3.05) is 6.61 Å². The maximum atomic E-state index is 13.2. The van der Waals surface area contributed by atoms with E-state index < -0.39 is 51.7 Å². The third-order valence-corrected chi connectivity index (χ3v) is 9.23. The summed E-state index contributed by atoms with van der Waals surface area (Å²) < 4.78 is 53.1. The molecule has 1 aliphatic heterocycles. The maximum Gasteiger partial charge on any atom is 0.423 e. The third-order valence-electron chi connectivity index (χ3n) is 8.31. The average Bonchev–Trinajstić information content (AvgIpc) is 3.52. The second kappa shape index (κ2) is 15.0.